The summed E-state index contributed by atoms with van der Waals surface area (Å²) in [5.41, 5.74) is 0. The van der Waals surface area contributed by atoms with E-state index < -0.39 is 0 Å². The van der Waals surface area contributed by atoms with E-state index in [0.29, 0.717) is 6.01 Å². The SMILES string of the molecule is CSc1ccc(Oc2ncc(Br)cn2)cc1. The summed E-state index contributed by atoms with van der Waals surface area (Å²) in [6.45, 7) is 0. The quantitative estimate of drug-likeness (QED) is 0.808. The van der Waals surface area contributed by atoms with Crippen LogP contribution in [0.5, 0.6) is 11.8 Å². The molecule has 3 nitrogen and oxygen atoms in total. The molecule has 0 aliphatic heterocycles. The van der Waals surface area contributed by atoms with E-state index >= 15 is 0 Å². The molecule has 0 unspecified atom stereocenters. The van der Waals surface area contributed by atoms with Gasteiger partial charge in [0.25, 0.3) is 0 Å². The Bertz CT molecular complexity index is 458. The van der Waals surface area contributed by atoms with Gasteiger partial charge in [0.1, 0.15) is 5.75 Å². The molecule has 2 aromatic rings. The Morgan fingerprint density at radius 3 is 2.31 bits per heavy atom. The third-order valence-electron chi connectivity index (χ3n) is 1.87. The van der Waals surface area contributed by atoms with Gasteiger partial charge in [-0.2, -0.15) is 0 Å². The van der Waals surface area contributed by atoms with Crippen LogP contribution in [0.1, 0.15) is 0 Å². The average Bonchev–Trinajstić information content (AvgIpc) is 2.33. The monoisotopic (exact) mass is 296 g/mol. The van der Waals surface area contributed by atoms with Gasteiger partial charge < -0.3 is 4.74 Å². The van der Waals surface area contributed by atoms with Gasteiger partial charge in [-0.15, -0.1) is 11.8 Å². The first-order valence-corrected chi connectivity index (χ1v) is 6.59. The summed E-state index contributed by atoms with van der Waals surface area (Å²) in [7, 11) is 0. The first kappa shape index (κ1) is 11.4. The lowest BCUT2D eigenvalue weighted by molar-refractivity contribution is 0.441. The zero-order valence-electron chi connectivity index (χ0n) is 8.55. The van der Waals surface area contributed by atoms with Crippen molar-refractivity contribution >= 4 is 27.7 Å². The lowest BCUT2D eigenvalue weighted by Gasteiger charge is -2.03. The van der Waals surface area contributed by atoms with Gasteiger partial charge in [-0.05, 0) is 46.5 Å². The number of aromatic nitrogens is 2. The van der Waals surface area contributed by atoms with Crippen LogP contribution in [0.3, 0.4) is 0 Å². The van der Waals surface area contributed by atoms with Crippen molar-refractivity contribution in [3.8, 4) is 11.8 Å². The molecule has 0 bridgehead atoms. The maximum Gasteiger partial charge on any atom is 0.321 e. The van der Waals surface area contributed by atoms with Crippen LogP contribution in [0.15, 0.2) is 46.0 Å². The van der Waals surface area contributed by atoms with Crippen LogP contribution in [0.25, 0.3) is 0 Å². The van der Waals surface area contributed by atoms with Crippen molar-refractivity contribution in [3.05, 3.63) is 41.1 Å². The molecule has 0 aliphatic carbocycles. The number of hydrogen-bond acceptors (Lipinski definition) is 4. The smallest absolute Gasteiger partial charge is 0.321 e. The summed E-state index contributed by atoms with van der Waals surface area (Å²) >= 11 is 4.96. The Morgan fingerprint density at radius 2 is 1.75 bits per heavy atom. The van der Waals surface area contributed by atoms with E-state index in [9.17, 15) is 0 Å². The Balaban J connectivity index is 2.11. The summed E-state index contributed by atoms with van der Waals surface area (Å²) < 4.78 is 6.31. The molecule has 0 atom stereocenters. The Labute approximate surface area is 106 Å². The van der Waals surface area contributed by atoms with Crippen LogP contribution in [0, 0.1) is 0 Å². The van der Waals surface area contributed by atoms with Crippen molar-refractivity contribution in [1.82, 2.24) is 9.97 Å². The molecular formula is C11H9BrN2OS. The molecule has 1 aromatic heterocycles. The Kier molecular flexibility index (Phi) is 3.79. The molecule has 82 valence electrons. The predicted molar refractivity (Wildman–Crippen MR) is 68.0 cm³/mol. The maximum absolute atomic E-state index is 5.48. The fourth-order valence-electron chi connectivity index (χ4n) is 1.10. The standard InChI is InChI=1S/C11H9BrN2OS/c1-16-10-4-2-9(3-5-10)15-11-13-6-8(12)7-14-11/h2-7H,1H3. The molecule has 1 heterocycles. The molecule has 5 heteroatoms. The molecule has 0 N–H and O–H groups in total. The fourth-order valence-corrected chi connectivity index (χ4v) is 1.72. The highest BCUT2D eigenvalue weighted by atomic mass is 79.9. The molecule has 16 heavy (non-hydrogen) atoms. The second-order valence-electron chi connectivity index (χ2n) is 2.96. The zero-order chi connectivity index (χ0) is 11.4. The van der Waals surface area contributed by atoms with Crippen LogP contribution >= 0.6 is 27.7 Å². The van der Waals surface area contributed by atoms with Crippen molar-refractivity contribution in [2.45, 2.75) is 4.90 Å². The molecule has 0 spiro atoms. The molecule has 0 amide bonds. The third kappa shape index (κ3) is 2.96. The number of rotatable bonds is 3. The Morgan fingerprint density at radius 1 is 1.12 bits per heavy atom. The minimum absolute atomic E-state index is 0.347. The number of halogens is 1. The molecule has 2 rings (SSSR count). The van der Waals surface area contributed by atoms with E-state index in [1.54, 1.807) is 24.2 Å². The van der Waals surface area contributed by atoms with E-state index in [2.05, 4.69) is 25.9 Å². The number of hydrogen-bond donors (Lipinski definition) is 0. The van der Waals surface area contributed by atoms with E-state index in [1.807, 2.05) is 30.5 Å². The van der Waals surface area contributed by atoms with Crippen LogP contribution in [0.4, 0.5) is 0 Å². The van der Waals surface area contributed by atoms with E-state index in [-0.39, 0.29) is 0 Å². The topological polar surface area (TPSA) is 35.0 Å². The van der Waals surface area contributed by atoms with Gasteiger partial charge in [-0.25, -0.2) is 9.97 Å². The fraction of sp³-hybridized carbons (Fsp3) is 0.0909. The van der Waals surface area contributed by atoms with E-state index in [0.717, 1.165) is 10.2 Å². The van der Waals surface area contributed by atoms with Crippen molar-refractivity contribution in [3.63, 3.8) is 0 Å². The summed E-state index contributed by atoms with van der Waals surface area (Å²) in [6.07, 6.45) is 5.34. The lowest BCUT2D eigenvalue weighted by atomic mass is 10.3. The summed E-state index contributed by atoms with van der Waals surface area (Å²) in [5, 5.41) is 0. The first-order valence-electron chi connectivity index (χ1n) is 4.57. The maximum atomic E-state index is 5.48. The summed E-state index contributed by atoms with van der Waals surface area (Å²) in [6, 6.07) is 8.15. The number of thioether (sulfide) groups is 1. The van der Waals surface area contributed by atoms with Crippen molar-refractivity contribution in [2.75, 3.05) is 6.26 Å². The first-order chi connectivity index (χ1) is 7.78. The van der Waals surface area contributed by atoms with Crippen LogP contribution in [-0.4, -0.2) is 16.2 Å². The molecule has 0 fully saturated rings. The third-order valence-corrected chi connectivity index (χ3v) is 3.02. The highest BCUT2D eigenvalue weighted by molar-refractivity contribution is 9.10. The number of nitrogens with zero attached hydrogens (tertiary/aromatic N) is 2. The minimum Gasteiger partial charge on any atom is -0.424 e. The predicted octanol–water partition coefficient (Wildman–Crippen LogP) is 3.75. The molecule has 0 radical (unpaired) electrons. The largest absolute Gasteiger partial charge is 0.424 e. The molecule has 0 saturated heterocycles. The van der Waals surface area contributed by atoms with Gasteiger partial charge in [0, 0.05) is 17.3 Å². The average molecular weight is 297 g/mol. The van der Waals surface area contributed by atoms with Crippen LogP contribution < -0.4 is 4.74 Å². The van der Waals surface area contributed by atoms with Gasteiger partial charge in [-0.1, -0.05) is 0 Å². The summed E-state index contributed by atoms with van der Waals surface area (Å²) in [5.74, 6) is 0.736. The second kappa shape index (κ2) is 5.32. The van der Waals surface area contributed by atoms with Crippen LogP contribution in [-0.2, 0) is 0 Å². The lowest BCUT2D eigenvalue weighted by Crippen LogP contribution is -1.90. The minimum atomic E-state index is 0.347. The van der Waals surface area contributed by atoms with Gasteiger partial charge in [0.15, 0.2) is 0 Å². The number of benzene rings is 1. The van der Waals surface area contributed by atoms with Crippen molar-refractivity contribution in [1.29, 1.82) is 0 Å². The van der Waals surface area contributed by atoms with Crippen molar-refractivity contribution < 1.29 is 4.74 Å². The van der Waals surface area contributed by atoms with Crippen LogP contribution in [0.2, 0.25) is 0 Å². The molecule has 0 saturated carbocycles. The highest BCUT2D eigenvalue weighted by Gasteiger charge is 1.99. The summed E-state index contributed by atoms with van der Waals surface area (Å²) in [4.78, 5) is 9.26. The zero-order valence-corrected chi connectivity index (χ0v) is 11.0. The van der Waals surface area contributed by atoms with Gasteiger partial charge in [-0.3, -0.25) is 0 Å². The van der Waals surface area contributed by atoms with Gasteiger partial charge in [0.2, 0.25) is 0 Å². The Hall–Kier alpha value is -1.07. The van der Waals surface area contributed by atoms with E-state index in [1.165, 1.54) is 4.90 Å². The van der Waals surface area contributed by atoms with Gasteiger partial charge >= 0.3 is 6.01 Å². The molecular weight excluding hydrogens is 288 g/mol. The van der Waals surface area contributed by atoms with Crippen molar-refractivity contribution in [2.24, 2.45) is 0 Å². The van der Waals surface area contributed by atoms with Gasteiger partial charge in [0.05, 0.1) is 4.47 Å². The molecule has 0 aliphatic rings. The second-order valence-corrected chi connectivity index (χ2v) is 4.76. The highest BCUT2D eigenvalue weighted by Crippen LogP contribution is 2.22. The molecule has 1 aromatic carbocycles. The van der Waals surface area contributed by atoms with E-state index in [4.69, 9.17) is 4.74 Å². The number of ether oxygens (including phenoxy) is 1. The normalized spacial score (nSPS) is 10.1.